The predicted octanol–water partition coefficient (Wildman–Crippen LogP) is 3.23. The molecule has 1 aromatic rings. The Balaban J connectivity index is 2.71. The van der Waals surface area contributed by atoms with Crippen LogP contribution < -0.4 is 4.74 Å². The quantitative estimate of drug-likeness (QED) is 0.446. The van der Waals surface area contributed by atoms with Gasteiger partial charge in [-0.15, -0.1) is 0 Å². The highest BCUT2D eigenvalue weighted by Gasteiger charge is 2.14. The maximum Gasteiger partial charge on any atom is 0.314 e. The standard InChI is InChI=1S/C14H18O3/c1-4-6-10(2)14(16)17-13-8-5-7-12(9-13)11(3)15/h5,7-10H,4,6H2,1-3H3. The zero-order valence-corrected chi connectivity index (χ0v) is 10.5. The van der Waals surface area contributed by atoms with E-state index in [2.05, 4.69) is 0 Å². The first kappa shape index (κ1) is 13.4. The van der Waals surface area contributed by atoms with Crippen LogP contribution in [0, 0.1) is 5.92 Å². The molecule has 1 unspecified atom stereocenters. The Morgan fingerprint density at radius 2 is 2.06 bits per heavy atom. The van der Waals surface area contributed by atoms with Gasteiger partial charge in [-0.1, -0.05) is 32.4 Å². The Hall–Kier alpha value is -1.64. The lowest BCUT2D eigenvalue weighted by atomic mass is 10.1. The van der Waals surface area contributed by atoms with E-state index >= 15 is 0 Å². The Bertz CT molecular complexity index is 410. The van der Waals surface area contributed by atoms with Crippen molar-refractivity contribution in [2.75, 3.05) is 0 Å². The van der Waals surface area contributed by atoms with Gasteiger partial charge in [0, 0.05) is 5.56 Å². The molecule has 0 N–H and O–H groups in total. The first-order valence-corrected chi connectivity index (χ1v) is 5.87. The highest BCUT2D eigenvalue weighted by molar-refractivity contribution is 5.94. The normalized spacial score (nSPS) is 11.9. The average Bonchev–Trinajstić information content (AvgIpc) is 2.29. The van der Waals surface area contributed by atoms with Gasteiger partial charge in [0.1, 0.15) is 5.75 Å². The van der Waals surface area contributed by atoms with Crippen LogP contribution in [0.15, 0.2) is 24.3 Å². The van der Waals surface area contributed by atoms with E-state index in [1.165, 1.54) is 6.92 Å². The van der Waals surface area contributed by atoms with E-state index in [-0.39, 0.29) is 17.7 Å². The third kappa shape index (κ3) is 4.02. The molecule has 0 aliphatic heterocycles. The lowest BCUT2D eigenvalue weighted by Gasteiger charge is -2.10. The number of ether oxygens (including phenoxy) is 1. The Kier molecular flexibility index (Phi) is 4.88. The summed E-state index contributed by atoms with van der Waals surface area (Å²) in [5, 5.41) is 0. The zero-order chi connectivity index (χ0) is 12.8. The van der Waals surface area contributed by atoms with E-state index in [1.807, 2.05) is 13.8 Å². The zero-order valence-electron chi connectivity index (χ0n) is 10.5. The molecule has 1 rings (SSSR count). The first-order chi connectivity index (χ1) is 8.04. The second kappa shape index (κ2) is 6.18. The molecule has 1 aromatic carbocycles. The van der Waals surface area contributed by atoms with Gasteiger partial charge in [0.2, 0.25) is 0 Å². The van der Waals surface area contributed by atoms with Gasteiger partial charge in [-0.2, -0.15) is 0 Å². The minimum atomic E-state index is -0.243. The summed E-state index contributed by atoms with van der Waals surface area (Å²) in [7, 11) is 0. The lowest BCUT2D eigenvalue weighted by Crippen LogP contribution is -2.17. The number of hydrogen-bond donors (Lipinski definition) is 0. The van der Waals surface area contributed by atoms with Gasteiger partial charge in [0.25, 0.3) is 0 Å². The molecular formula is C14H18O3. The summed E-state index contributed by atoms with van der Waals surface area (Å²) in [5.74, 6) is 0.0451. The maximum atomic E-state index is 11.7. The molecular weight excluding hydrogens is 216 g/mol. The van der Waals surface area contributed by atoms with Crippen molar-refractivity contribution in [1.82, 2.24) is 0 Å². The fourth-order valence-electron chi connectivity index (χ4n) is 1.55. The monoisotopic (exact) mass is 234 g/mol. The molecule has 0 saturated heterocycles. The van der Waals surface area contributed by atoms with Crippen molar-refractivity contribution in [1.29, 1.82) is 0 Å². The molecule has 0 bridgehead atoms. The minimum Gasteiger partial charge on any atom is -0.426 e. The van der Waals surface area contributed by atoms with E-state index in [4.69, 9.17) is 4.74 Å². The summed E-state index contributed by atoms with van der Waals surface area (Å²) in [6.45, 7) is 5.36. The SMILES string of the molecule is CCCC(C)C(=O)Oc1cccc(C(C)=O)c1. The van der Waals surface area contributed by atoms with Crippen LogP contribution in [0.4, 0.5) is 0 Å². The van der Waals surface area contributed by atoms with E-state index in [0.717, 1.165) is 12.8 Å². The van der Waals surface area contributed by atoms with E-state index in [9.17, 15) is 9.59 Å². The molecule has 17 heavy (non-hydrogen) atoms. The van der Waals surface area contributed by atoms with E-state index < -0.39 is 0 Å². The molecule has 3 nitrogen and oxygen atoms in total. The number of rotatable bonds is 5. The Labute approximate surface area is 102 Å². The predicted molar refractivity (Wildman–Crippen MR) is 66.2 cm³/mol. The van der Waals surface area contributed by atoms with Crippen LogP contribution in [-0.4, -0.2) is 11.8 Å². The van der Waals surface area contributed by atoms with Crippen molar-refractivity contribution in [2.24, 2.45) is 5.92 Å². The third-order valence-electron chi connectivity index (χ3n) is 2.58. The lowest BCUT2D eigenvalue weighted by molar-refractivity contribution is -0.138. The average molecular weight is 234 g/mol. The molecule has 0 radical (unpaired) electrons. The largest absolute Gasteiger partial charge is 0.426 e. The number of carbonyl (C=O) groups is 2. The van der Waals surface area contributed by atoms with Gasteiger partial charge < -0.3 is 4.74 Å². The third-order valence-corrected chi connectivity index (χ3v) is 2.58. The van der Waals surface area contributed by atoms with Gasteiger partial charge in [-0.3, -0.25) is 9.59 Å². The molecule has 0 saturated carbocycles. The van der Waals surface area contributed by atoms with Crippen molar-refractivity contribution in [3.63, 3.8) is 0 Å². The summed E-state index contributed by atoms with van der Waals surface area (Å²) >= 11 is 0. The second-order valence-electron chi connectivity index (χ2n) is 4.19. The van der Waals surface area contributed by atoms with Gasteiger partial charge >= 0.3 is 5.97 Å². The first-order valence-electron chi connectivity index (χ1n) is 5.87. The van der Waals surface area contributed by atoms with E-state index in [1.54, 1.807) is 24.3 Å². The molecule has 0 spiro atoms. The molecule has 3 heteroatoms. The summed E-state index contributed by atoms with van der Waals surface area (Å²) in [6.07, 6.45) is 1.76. The topological polar surface area (TPSA) is 43.4 Å². The van der Waals surface area contributed by atoms with Crippen molar-refractivity contribution in [3.05, 3.63) is 29.8 Å². The number of Topliss-reactive ketones (excluding diaryl/α,β-unsaturated/α-hetero) is 1. The summed E-state index contributed by atoms with van der Waals surface area (Å²) in [6, 6.07) is 6.70. The molecule has 0 aliphatic carbocycles. The summed E-state index contributed by atoms with van der Waals surface area (Å²) < 4.78 is 5.23. The molecule has 0 aliphatic rings. The van der Waals surface area contributed by atoms with Crippen LogP contribution in [0.2, 0.25) is 0 Å². The smallest absolute Gasteiger partial charge is 0.314 e. The minimum absolute atomic E-state index is 0.0375. The highest BCUT2D eigenvalue weighted by Crippen LogP contribution is 2.16. The molecule has 0 amide bonds. The van der Waals surface area contributed by atoms with Crippen LogP contribution in [0.25, 0.3) is 0 Å². The Morgan fingerprint density at radius 1 is 1.35 bits per heavy atom. The molecule has 0 fully saturated rings. The molecule has 0 aromatic heterocycles. The number of ketones is 1. The van der Waals surface area contributed by atoms with Crippen molar-refractivity contribution in [2.45, 2.75) is 33.6 Å². The van der Waals surface area contributed by atoms with Crippen LogP contribution in [0.5, 0.6) is 5.75 Å². The van der Waals surface area contributed by atoms with Crippen molar-refractivity contribution >= 4 is 11.8 Å². The van der Waals surface area contributed by atoms with Gasteiger partial charge in [0.15, 0.2) is 5.78 Å². The van der Waals surface area contributed by atoms with Gasteiger partial charge in [-0.05, 0) is 25.5 Å². The van der Waals surface area contributed by atoms with Gasteiger partial charge in [0.05, 0.1) is 5.92 Å². The fraction of sp³-hybridized carbons (Fsp3) is 0.429. The van der Waals surface area contributed by atoms with Gasteiger partial charge in [-0.25, -0.2) is 0 Å². The fourth-order valence-corrected chi connectivity index (χ4v) is 1.55. The molecule has 1 atom stereocenters. The summed E-state index contributed by atoms with van der Waals surface area (Å²) in [4.78, 5) is 22.9. The highest BCUT2D eigenvalue weighted by atomic mass is 16.5. The number of hydrogen-bond acceptors (Lipinski definition) is 3. The van der Waals surface area contributed by atoms with Crippen molar-refractivity contribution < 1.29 is 14.3 Å². The van der Waals surface area contributed by atoms with E-state index in [0.29, 0.717) is 11.3 Å². The number of benzene rings is 1. The van der Waals surface area contributed by atoms with Crippen molar-refractivity contribution in [3.8, 4) is 5.75 Å². The Morgan fingerprint density at radius 3 is 2.65 bits per heavy atom. The van der Waals surface area contributed by atoms with Crippen LogP contribution >= 0.6 is 0 Å². The van der Waals surface area contributed by atoms with Crippen LogP contribution in [0.3, 0.4) is 0 Å². The molecule has 0 heterocycles. The maximum absolute atomic E-state index is 11.7. The van der Waals surface area contributed by atoms with Crippen LogP contribution in [0.1, 0.15) is 44.0 Å². The summed E-state index contributed by atoms with van der Waals surface area (Å²) in [5.41, 5.74) is 0.554. The number of carbonyl (C=O) groups excluding carboxylic acids is 2. The number of esters is 1. The van der Waals surface area contributed by atoms with Crippen LogP contribution in [-0.2, 0) is 4.79 Å². The molecule has 92 valence electrons. The second-order valence-corrected chi connectivity index (χ2v) is 4.19.